The van der Waals surface area contributed by atoms with Crippen LogP contribution in [0.1, 0.15) is 12.5 Å². The molecule has 178 valence electrons. The summed E-state index contributed by atoms with van der Waals surface area (Å²) in [5, 5.41) is 12.0. The minimum absolute atomic E-state index is 0.754. The summed E-state index contributed by atoms with van der Waals surface area (Å²) in [6.07, 6.45) is 5.57. The highest BCUT2D eigenvalue weighted by Gasteiger charge is 2.20. The van der Waals surface area contributed by atoms with Crippen LogP contribution in [0.3, 0.4) is 0 Å². The standard InChI is InChI=1S/C26H29N9/c1-3-27-13-17-11-18(15-28-14-17)21-12-19-22(16-29-21)32-33-24(19)26-30-20-5-4-6-23(25(20)31-26)35-9-7-34(2)8-10-35/h4-6,11-12,14-16,27H,3,7-10,13H2,1-2H3,(H,30,31)(H,32,33). The Kier molecular flexibility index (Phi) is 5.63. The van der Waals surface area contributed by atoms with Crippen molar-refractivity contribution in [2.75, 3.05) is 44.7 Å². The molecule has 9 heteroatoms. The lowest BCUT2D eigenvalue weighted by molar-refractivity contribution is 0.313. The fourth-order valence-electron chi connectivity index (χ4n) is 4.68. The van der Waals surface area contributed by atoms with Crippen molar-refractivity contribution in [1.82, 2.24) is 40.3 Å². The van der Waals surface area contributed by atoms with Gasteiger partial charge in [-0.3, -0.25) is 15.1 Å². The smallest absolute Gasteiger partial charge is 0.159 e. The molecule has 4 aromatic heterocycles. The van der Waals surface area contributed by atoms with E-state index in [0.717, 1.165) is 89.5 Å². The number of benzene rings is 1. The summed E-state index contributed by atoms with van der Waals surface area (Å²) in [6.45, 7) is 7.90. The Bertz CT molecular complexity index is 1480. The second kappa shape index (κ2) is 9.09. The Morgan fingerprint density at radius 3 is 2.77 bits per heavy atom. The number of para-hydroxylation sites is 1. The van der Waals surface area contributed by atoms with Crippen LogP contribution >= 0.6 is 0 Å². The molecule has 3 N–H and O–H groups in total. The number of aromatic amines is 2. The van der Waals surface area contributed by atoms with Gasteiger partial charge in [-0.1, -0.05) is 13.0 Å². The van der Waals surface area contributed by atoms with E-state index in [1.165, 1.54) is 5.69 Å². The van der Waals surface area contributed by atoms with E-state index in [4.69, 9.17) is 4.98 Å². The number of nitrogens with one attached hydrogen (secondary N) is 3. The Morgan fingerprint density at radius 2 is 1.91 bits per heavy atom. The van der Waals surface area contributed by atoms with Crippen LogP contribution in [-0.2, 0) is 6.54 Å². The summed E-state index contributed by atoms with van der Waals surface area (Å²) in [4.78, 5) is 22.4. The average Bonchev–Trinajstić information content (AvgIpc) is 3.51. The van der Waals surface area contributed by atoms with Crippen LogP contribution in [0.25, 0.3) is 44.7 Å². The average molecular weight is 468 g/mol. The van der Waals surface area contributed by atoms with Gasteiger partial charge >= 0.3 is 0 Å². The van der Waals surface area contributed by atoms with E-state index in [-0.39, 0.29) is 0 Å². The van der Waals surface area contributed by atoms with Gasteiger partial charge in [0.25, 0.3) is 0 Å². The number of hydrogen-bond donors (Lipinski definition) is 3. The number of aromatic nitrogens is 6. The summed E-state index contributed by atoms with van der Waals surface area (Å²) in [7, 11) is 2.17. The molecule has 1 saturated heterocycles. The van der Waals surface area contributed by atoms with E-state index < -0.39 is 0 Å². The number of hydrogen-bond acceptors (Lipinski definition) is 7. The summed E-state index contributed by atoms with van der Waals surface area (Å²) >= 11 is 0. The van der Waals surface area contributed by atoms with Crippen LogP contribution in [0, 0.1) is 0 Å². The van der Waals surface area contributed by atoms with E-state index in [0.29, 0.717) is 0 Å². The topological polar surface area (TPSA) is 102 Å². The summed E-state index contributed by atoms with van der Waals surface area (Å²) in [5.41, 5.74) is 7.81. The number of fused-ring (bicyclic) bond motifs is 2. The largest absolute Gasteiger partial charge is 0.367 e. The number of likely N-dealkylation sites (N-methyl/N-ethyl adjacent to an activating group) is 1. The minimum Gasteiger partial charge on any atom is -0.367 e. The first-order valence-corrected chi connectivity index (χ1v) is 12.1. The van der Waals surface area contributed by atoms with Gasteiger partial charge in [0.15, 0.2) is 5.82 Å². The molecule has 0 unspecified atom stereocenters. The summed E-state index contributed by atoms with van der Waals surface area (Å²) in [6, 6.07) is 10.5. The fraction of sp³-hybridized carbons (Fsp3) is 0.308. The maximum Gasteiger partial charge on any atom is 0.159 e. The first-order chi connectivity index (χ1) is 17.2. The van der Waals surface area contributed by atoms with Gasteiger partial charge in [-0.05, 0) is 43.4 Å². The molecule has 9 nitrogen and oxygen atoms in total. The Morgan fingerprint density at radius 1 is 1.03 bits per heavy atom. The zero-order valence-electron chi connectivity index (χ0n) is 20.0. The molecule has 1 aromatic carbocycles. The molecular formula is C26H29N9. The highest BCUT2D eigenvalue weighted by molar-refractivity contribution is 5.96. The molecule has 0 atom stereocenters. The molecule has 35 heavy (non-hydrogen) atoms. The number of rotatable bonds is 6. The van der Waals surface area contributed by atoms with E-state index >= 15 is 0 Å². The fourth-order valence-corrected chi connectivity index (χ4v) is 4.68. The first kappa shape index (κ1) is 21.7. The second-order valence-corrected chi connectivity index (χ2v) is 9.10. The molecule has 0 bridgehead atoms. The molecule has 1 aliphatic rings. The molecule has 5 aromatic rings. The highest BCUT2D eigenvalue weighted by Crippen LogP contribution is 2.32. The van der Waals surface area contributed by atoms with Gasteiger partial charge in [-0.25, -0.2) is 4.98 Å². The Balaban J connectivity index is 1.38. The third-order valence-electron chi connectivity index (χ3n) is 6.68. The Labute approximate surface area is 203 Å². The lowest BCUT2D eigenvalue weighted by atomic mass is 10.1. The molecular weight excluding hydrogens is 438 g/mol. The predicted octanol–water partition coefficient (Wildman–Crippen LogP) is 3.42. The number of H-pyrrole nitrogens is 2. The van der Waals surface area contributed by atoms with Crippen LogP contribution in [0.2, 0.25) is 0 Å². The quantitative estimate of drug-likeness (QED) is 0.352. The molecule has 0 radical (unpaired) electrons. The van der Waals surface area contributed by atoms with Gasteiger partial charge in [0.2, 0.25) is 0 Å². The monoisotopic (exact) mass is 467 g/mol. The number of piperazine rings is 1. The lowest BCUT2D eigenvalue weighted by Crippen LogP contribution is -2.44. The molecule has 1 aliphatic heterocycles. The molecule has 0 saturated carbocycles. The van der Waals surface area contributed by atoms with E-state index in [9.17, 15) is 0 Å². The van der Waals surface area contributed by atoms with Gasteiger partial charge in [0, 0.05) is 56.1 Å². The van der Waals surface area contributed by atoms with E-state index in [1.54, 1.807) is 0 Å². The SMILES string of the molecule is CCNCc1cncc(-c2cc3c(-c4nc5c(N6CCN(C)CC6)cccc5[nH]4)n[nH]c3cn2)c1. The second-order valence-electron chi connectivity index (χ2n) is 9.10. The normalized spacial score (nSPS) is 14.9. The van der Waals surface area contributed by atoms with Gasteiger partial charge in [-0.15, -0.1) is 0 Å². The maximum absolute atomic E-state index is 5.02. The van der Waals surface area contributed by atoms with Crippen molar-refractivity contribution in [2.45, 2.75) is 13.5 Å². The molecule has 6 rings (SSSR count). The first-order valence-electron chi connectivity index (χ1n) is 12.1. The highest BCUT2D eigenvalue weighted by atomic mass is 15.3. The summed E-state index contributed by atoms with van der Waals surface area (Å²) < 4.78 is 0. The lowest BCUT2D eigenvalue weighted by Gasteiger charge is -2.34. The third kappa shape index (κ3) is 4.13. The molecule has 0 spiro atoms. The van der Waals surface area contributed by atoms with Gasteiger partial charge in [0.05, 0.1) is 28.6 Å². The number of pyridine rings is 2. The van der Waals surface area contributed by atoms with Crippen LogP contribution in [0.15, 0.2) is 48.9 Å². The van der Waals surface area contributed by atoms with E-state index in [2.05, 4.69) is 84.6 Å². The molecule has 5 heterocycles. The molecule has 0 amide bonds. The zero-order valence-corrected chi connectivity index (χ0v) is 20.0. The van der Waals surface area contributed by atoms with E-state index in [1.807, 2.05) is 18.6 Å². The number of imidazole rings is 1. The summed E-state index contributed by atoms with van der Waals surface area (Å²) in [5.74, 6) is 0.754. The molecule has 0 aliphatic carbocycles. The van der Waals surface area contributed by atoms with Crippen molar-refractivity contribution in [3.05, 3.63) is 54.5 Å². The van der Waals surface area contributed by atoms with Crippen molar-refractivity contribution in [3.8, 4) is 22.8 Å². The van der Waals surface area contributed by atoms with Crippen LogP contribution in [0.4, 0.5) is 5.69 Å². The number of anilines is 1. The van der Waals surface area contributed by atoms with Crippen LogP contribution in [-0.4, -0.2) is 74.8 Å². The van der Waals surface area contributed by atoms with Crippen molar-refractivity contribution < 1.29 is 0 Å². The van der Waals surface area contributed by atoms with Crippen LogP contribution in [0.5, 0.6) is 0 Å². The van der Waals surface area contributed by atoms with Crippen molar-refractivity contribution in [3.63, 3.8) is 0 Å². The van der Waals surface area contributed by atoms with Crippen molar-refractivity contribution in [1.29, 1.82) is 0 Å². The Hall–Kier alpha value is -3.82. The molecule has 1 fully saturated rings. The maximum atomic E-state index is 5.02. The van der Waals surface area contributed by atoms with Gasteiger partial charge < -0.3 is 20.1 Å². The third-order valence-corrected chi connectivity index (χ3v) is 6.68. The predicted molar refractivity (Wildman–Crippen MR) is 139 cm³/mol. The van der Waals surface area contributed by atoms with Crippen LogP contribution < -0.4 is 10.2 Å². The van der Waals surface area contributed by atoms with Gasteiger partial charge in [-0.2, -0.15) is 5.10 Å². The number of nitrogens with zero attached hydrogens (tertiary/aromatic N) is 6. The van der Waals surface area contributed by atoms with Crippen molar-refractivity contribution >= 4 is 27.6 Å². The minimum atomic E-state index is 0.754. The van der Waals surface area contributed by atoms with Crippen molar-refractivity contribution in [2.24, 2.45) is 0 Å². The zero-order chi connectivity index (χ0) is 23.8. The van der Waals surface area contributed by atoms with Gasteiger partial charge in [0.1, 0.15) is 11.2 Å².